The highest BCUT2D eigenvalue weighted by Gasteiger charge is 2.17. The van der Waals surface area contributed by atoms with E-state index in [2.05, 4.69) is 20.8 Å². The zero-order chi connectivity index (χ0) is 19.1. The molecule has 27 heavy (non-hydrogen) atoms. The minimum Gasteiger partial charge on any atom is -0.462 e. The number of carbonyl (C=O) groups excluding carboxylic acids is 2. The molecule has 1 aliphatic rings. The van der Waals surface area contributed by atoms with E-state index in [0.717, 1.165) is 19.4 Å². The lowest BCUT2D eigenvalue weighted by Gasteiger charge is -2.11. The van der Waals surface area contributed by atoms with Gasteiger partial charge in [-0.3, -0.25) is 4.79 Å². The highest BCUT2D eigenvalue weighted by atomic mass is 16.5. The van der Waals surface area contributed by atoms with E-state index in [4.69, 9.17) is 9.47 Å². The zero-order valence-corrected chi connectivity index (χ0v) is 15.1. The van der Waals surface area contributed by atoms with Crippen LogP contribution >= 0.6 is 0 Å². The number of nitrogens with one attached hydrogen (secondary N) is 2. The van der Waals surface area contributed by atoms with Gasteiger partial charge in [-0.1, -0.05) is 12.1 Å². The number of nitrogens with zero attached hydrogens (tertiary/aromatic N) is 2. The largest absolute Gasteiger partial charge is 0.462 e. The SMILES string of the molecule is CCOC(=O)c1ccccc1NC(=O)c1ccc(NCC2CCCO2)nn1. The maximum Gasteiger partial charge on any atom is 0.340 e. The smallest absolute Gasteiger partial charge is 0.340 e. The summed E-state index contributed by atoms with van der Waals surface area (Å²) in [7, 11) is 0. The highest BCUT2D eigenvalue weighted by Crippen LogP contribution is 2.17. The van der Waals surface area contributed by atoms with Crippen LogP contribution in [0.2, 0.25) is 0 Å². The van der Waals surface area contributed by atoms with Crippen molar-refractivity contribution in [3.63, 3.8) is 0 Å². The summed E-state index contributed by atoms with van der Waals surface area (Å²) in [6, 6.07) is 9.92. The van der Waals surface area contributed by atoms with Crippen molar-refractivity contribution in [1.29, 1.82) is 0 Å². The second kappa shape index (κ2) is 9.09. The van der Waals surface area contributed by atoms with Gasteiger partial charge in [-0.2, -0.15) is 0 Å². The monoisotopic (exact) mass is 370 g/mol. The number of carbonyl (C=O) groups is 2. The number of hydrogen-bond donors (Lipinski definition) is 2. The second-order valence-corrected chi connectivity index (χ2v) is 6.04. The fourth-order valence-electron chi connectivity index (χ4n) is 2.74. The molecule has 0 aliphatic carbocycles. The Balaban J connectivity index is 1.62. The summed E-state index contributed by atoms with van der Waals surface area (Å²) in [6.45, 7) is 3.44. The maximum atomic E-state index is 12.4. The molecule has 1 fully saturated rings. The third-order valence-electron chi connectivity index (χ3n) is 4.10. The summed E-state index contributed by atoms with van der Waals surface area (Å²) < 4.78 is 10.5. The molecule has 0 saturated carbocycles. The maximum absolute atomic E-state index is 12.4. The Labute approximate surface area is 157 Å². The fourth-order valence-corrected chi connectivity index (χ4v) is 2.74. The average Bonchev–Trinajstić information content (AvgIpc) is 3.21. The molecular weight excluding hydrogens is 348 g/mol. The van der Waals surface area contributed by atoms with Crippen LogP contribution in [0.5, 0.6) is 0 Å². The van der Waals surface area contributed by atoms with Crippen LogP contribution in [0.15, 0.2) is 36.4 Å². The van der Waals surface area contributed by atoms with Crippen molar-refractivity contribution in [2.75, 3.05) is 30.4 Å². The van der Waals surface area contributed by atoms with Gasteiger partial charge in [0.2, 0.25) is 0 Å². The van der Waals surface area contributed by atoms with Gasteiger partial charge in [0.15, 0.2) is 5.69 Å². The van der Waals surface area contributed by atoms with Crippen molar-refractivity contribution in [3.8, 4) is 0 Å². The molecule has 2 aromatic rings. The number of rotatable bonds is 7. The van der Waals surface area contributed by atoms with Crippen LogP contribution in [0.3, 0.4) is 0 Å². The molecule has 8 heteroatoms. The lowest BCUT2D eigenvalue weighted by Crippen LogP contribution is -2.20. The molecule has 1 atom stereocenters. The van der Waals surface area contributed by atoms with E-state index in [1.54, 1.807) is 43.3 Å². The molecule has 1 aromatic heterocycles. The molecule has 3 rings (SSSR count). The number of ether oxygens (including phenoxy) is 2. The number of hydrogen-bond acceptors (Lipinski definition) is 7. The van der Waals surface area contributed by atoms with Gasteiger partial charge in [-0.15, -0.1) is 10.2 Å². The molecule has 0 bridgehead atoms. The number of amides is 1. The average molecular weight is 370 g/mol. The van der Waals surface area contributed by atoms with E-state index < -0.39 is 11.9 Å². The molecule has 8 nitrogen and oxygen atoms in total. The Morgan fingerprint density at radius 1 is 1.22 bits per heavy atom. The molecule has 1 saturated heterocycles. The van der Waals surface area contributed by atoms with Crippen LogP contribution in [0.1, 0.15) is 40.6 Å². The van der Waals surface area contributed by atoms with Crippen LogP contribution in [-0.2, 0) is 9.47 Å². The number of para-hydroxylation sites is 1. The van der Waals surface area contributed by atoms with Gasteiger partial charge >= 0.3 is 5.97 Å². The lowest BCUT2D eigenvalue weighted by molar-refractivity contribution is 0.0527. The Morgan fingerprint density at radius 3 is 2.78 bits per heavy atom. The van der Waals surface area contributed by atoms with E-state index in [0.29, 0.717) is 18.1 Å². The van der Waals surface area contributed by atoms with Crippen LogP contribution in [0.25, 0.3) is 0 Å². The Bertz CT molecular complexity index is 789. The lowest BCUT2D eigenvalue weighted by atomic mass is 10.1. The Hall–Kier alpha value is -3.00. The first kappa shape index (κ1) is 18.8. The van der Waals surface area contributed by atoms with Crippen molar-refractivity contribution < 1.29 is 19.1 Å². The van der Waals surface area contributed by atoms with E-state index in [1.807, 2.05) is 0 Å². The Kier molecular flexibility index (Phi) is 6.32. The third kappa shape index (κ3) is 5.01. The van der Waals surface area contributed by atoms with Crippen molar-refractivity contribution in [1.82, 2.24) is 10.2 Å². The predicted molar refractivity (Wildman–Crippen MR) is 99.8 cm³/mol. The van der Waals surface area contributed by atoms with E-state index in [9.17, 15) is 9.59 Å². The van der Waals surface area contributed by atoms with Crippen molar-refractivity contribution in [2.24, 2.45) is 0 Å². The summed E-state index contributed by atoms with van der Waals surface area (Å²) in [5, 5.41) is 13.8. The number of anilines is 2. The van der Waals surface area contributed by atoms with Gasteiger partial charge < -0.3 is 20.1 Å². The van der Waals surface area contributed by atoms with Crippen molar-refractivity contribution in [2.45, 2.75) is 25.9 Å². The van der Waals surface area contributed by atoms with E-state index in [-0.39, 0.29) is 24.0 Å². The summed E-state index contributed by atoms with van der Waals surface area (Å²) in [5.41, 5.74) is 0.801. The molecule has 2 heterocycles. The molecule has 142 valence electrons. The first-order chi connectivity index (χ1) is 13.2. The van der Waals surface area contributed by atoms with Gasteiger partial charge in [0, 0.05) is 13.2 Å². The van der Waals surface area contributed by atoms with Crippen LogP contribution in [0.4, 0.5) is 11.5 Å². The van der Waals surface area contributed by atoms with Crippen molar-refractivity contribution >= 4 is 23.4 Å². The number of esters is 1. The summed E-state index contributed by atoms with van der Waals surface area (Å²) in [6.07, 6.45) is 2.29. The zero-order valence-electron chi connectivity index (χ0n) is 15.1. The van der Waals surface area contributed by atoms with Gasteiger partial charge in [0.1, 0.15) is 5.82 Å². The minimum absolute atomic E-state index is 0.149. The van der Waals surface area contributed by atoms with E-state index >= 15 is 0 Å². The van der Waals surface area contributed by atoms with E-state index in [1.165, 1.54) is 0 Å². The van der Waals surface area contributed by atoms with Gasteiger partial charge in [-0.05, 0) is 44.0 Å². The topological polar surface area (TPSA) is 102 Å². The second-order valence-electron chi connectivity index (χ2n) is 6.04. The van der Waals surface area contributed by atoms with Gasteiger partial charge in [0.25, 0.3) is 5.91 Å². The van der Waals surface area contributed by atoms with Crippen LogP contribution in [0, 0.1) is 0 Å². The molecule has 1 aliphatic heterocycles. The Morgan fingerprint density at radius 2 is 2.07 bits per heavy atom. The van der Waals surface area contributed by atoms with Crippen LogP contribution in [-0.4, -0.2) is 47.9 Å². The predicted octanol–water partition coefficient (Wildman–Crippen LogP) is 2.50. The highest BCUT2D eigenvalue weighted by molar-refractivity contribution is 6.07. The third-order valence-corrected chi connectivity index (χ3v) is 4.10. The summed E-state index contributed by atoms with van der Waals surface area (Å²) in [4.78, 5) is 24.4. The summed E-state index contributed by atoms with van der Waals surface area (Å²) >= 11 is 0. The van der Waals surface area contributed by atoms with Gasteiger partial charge in [0.05, 0.1) is 24.0 Å². The normalized spacial score (nSPS) is 16.0. The summed E-state index contributed by atoms with van der Waals surface area (Å²) in [5.74, 6) is -0.368. The first-order valence-electron chi connectivity index (χ1n) is 8.94. The molecule has 2 N–H and O–H groups in total. The molecule has 0 spiro atoms. The quantitative estimate of drug-likeness (QED) is 0.722. The minimum atomic E-state index is -0.492. The fraction of sp³-hybridized carbons (Fsp3) is 0.368. The molecule has 1 amide bonds. The number of aromatic nitrogens is 2. The molecular formula is C19H22N4O4. The standard InChI is InChI=1S/C19H22N4O4/c1-2-26-19(25)14-7-3-4-8-15(14)21-18(24)16-9-10-17(23-22-16)20-12-13-6-5-11-27-13/h3-4,7-10,13H,2,5-6,11-12H2,1H3,(H,20,23)(H,21,24). The molecule has 1 unspecified atom stereocenters. The number of benzene rings is 1. The molecule has 0 radical (unpaired) electrons. The van der Waals surface area contributed by atoms with Crippen molar-refractivity contribution in [3.05, 3.63) is 47.7 Å². The van der Waals surface area contributed by atoms with Crippen LogP contribution < -0.4 is 10.6 Å². The molecule has 1 aromatic carbocycles. The first-order valence-corrected chi connectivity index (χ1v) is 8.94. The van der Waals surface area contributed by atoms with Gasteiger partial charge in [-0.25, -0.2) is 4.79 Å².